The molecule has 0 bridgehead atoms. The zero-order valence-electron chi connectivity index (χ0n) is 10.4. The molecule has 2 fully saturated rings. The molecule has 5 nitrogen and oxygen atoms in total. The third-order valence-electron chi connectivity index (χ3n) is 3.50. The summed E-state index contributed by atoms with van der Waals surface area (Å²) in [5.74, 6) is 0.124. The van der Waals surface area contributed by atoms with Crippen LogP contribution in [0.3, 0.4) is 0 Å². The first kappa shape index (κ1) is 12.8. The van der Waals surface area contributed by atoms with Crippen molar-refractivity contribution >= 4 is 5.91 Å². The molecule has 0 aromatic rings. The predicted molar refractivity (Wildman–Crippen MR) is 63.6 cm³/mol. The van der Waals surface area contributed by atoms with E-state index in [-0.39, 0.29) is 24.6 Å². The Morgan fingerprint density at radius 1 is 1.53 bits per heavy atom. The average Bonchev–Trinajstić information content (AvgIpc) is 3.13. The summed E-state index contributed by atoms with van der Waals surface area (Å²) in [4.78, 5) is 14.0. The summed E-state index contributed by atoms with van der Waals surface area (Å²) in [6.45, 7) is 1.10. The number of ether oxygens (including phenoxy) is 1. The highest BCUT2D eigenvalue weighted by molar-refractivity contribution is 5.83. The number of carbonyl (C=O) groups is 1. The van der Waals surface area contributed by atoms with Crippen LogP contribution in [0, 0.1) is 0 Å². The summed E-state index contributed by atoms with van der Waals surface area (Å²) in [5.41, 5.74) is 0. The molecular formula is C12H22N2O3. The van der Waals surface area contributed by atoms with Crippen molar-refractivity contribution in [2.75, 3.05) is 26.9 Å². The van der Waals surface area contributed by atoms with Gasteiger partial charge in [0.05, 0.1) is 25.3 Å². The van der Waals surface area contributed by atoms with E-state index < -0.39 is 0 Å². The monoisotopic (exact) mass is 242 g/mol. The maximum Gasteiger partial charge on any atom is 0.240 e. The lowest BCUT2D eigenvalue weighted by atomic mass is 10.0. The van der Waals surface area contributed by atoms with Crippen molar-refractivity contribution in [1.82, 2.24) is 10.2 Å². The minimum atomic E-state index is -0.198. The highest BCUT2D eigenvalue weighted by atomic mass is 16.5. The van der Waals surface area contributed by atoms with Gasteiger partial charge in [-0.1, -0.05) is 0 Å². The molecular weight excluding hydrogens is 220 g/mol. The Bertz CT molecular complexity index is 268. The first-order valence-electron chi connectivity index (χ1n) is 6.42. The molecule has 1 heterocycles. The molecule has 98 valence electrons. The fourth-order valence-electron chi connectivity index (χ4n) is 2.38. The van der Waals surface area contributed by atoms with Crippen molar-refractivity contribution in [3.8, 4) is 0 Å². The SMILES string of the molecule is COCC(CO)N1CCCC(NC2CC2)C1=O. The molecule has 2 atom stereocenters. The highest BCUT2D eigenvalue weighted by Gasteiger charge is 2.35. The van der Waals surface area contributed by atoms with E-state index >= 15 is 0 Å². The third-order valence-corrected chi connectivity index (χ3v) is 3.50. The lowest BCUT2D eigenvalue weighted by Crippen LogP contribution is -2.56. The van der Waals surface area contributed by atoms with Crippen molar-refractivity contribution in [3.63, 3.8) is 0 Å². The molecule has 0 aromatic heterocycles. The van der Waals surface area contributed by atoms with Crippen molar-refractivity contribution in [3.05, 3.63) is 0 Å². The summed E-state index contributed by atoms with van der Waals surface area (Å²) in [6, 6.07) is 0.289. The van der Waals surface area contributed by atoms with Crippen molar-refractivity contribution < 1.29 is 14.6 Å². The number of hydrogen-bond acceptors (Lipinski definition) is 4. The lowest BCUT2D eigenvalue weighted by Gasteiger charge is -2.37. The molecule has 1 saturated heterocycles. The summed E-state index contributed by atoms with van der Waals surface area (Å²) >= 11 is 0. The summed E-state index contributed by atoms with van der Waals surface area (Å²) in [6.07, 6.45) is 4.28. The van der Waals surface area contributed by atoms with Gasteiger partial charge < -0.3 is 20.1 Å². The van der Waals surface area contributed by atoms with E-state index in [0.29, 0.717) is 12.6 Å². The number of amides is 1. The van der Waals surface area contributed by atoms with Gasteiger partial charge in [-0.15, -0.1) is 0 Å². The van der Waals surface area contributed by atoms with Crippen molar-refractivity contribution in [2.45, 2.75) is 43.8 Å². The van der Waals surface area contributed by atoms with Gasteiger partial charge in [-0.2, -0.15) is 0 Å². The van der Waals surface area contributed by atoms with Crippen LogP contribution < -0.4 is 5.32 Å². The van der Waals surface area contributed by atoms with Gasteiger partial charge >= 0.3 is 0 Å². The largest absolute Gasteiger partial charge is 0.394 e. The number of likely N-dealkylation sites (tertiary alicyclic amines) is 1. The number of carbonyl (C=O) groups excluding carboxylic acids is 1. The fraction of sp³-hybridized carbons (Fsp3) is 0.917. The van der Waals surface area contributed by atoms with Crippen LogP contribution >= 0.6 is 0 Å². The molecule has 2 rings (SSSR count). The molecule has 1 aliphatic heterocycles. The molecule has 1 saturated carbocycles. The molecule has 2 unspecified atom stereocenters. The van der Waals surface area contributed by atoms with Gasteiger partial charge in [-0.05, 0) is 25.7 Å². The molecule has 0 spiro atoms. The highest BCUT2D eigenvalue weighted by Crippen LogP contribution is 2.23. The van der Waals surface area contributed by atoms with Gasteiger partial charge in [0.25, 0.3) is 0 Å². The Morgan fingerprint density at radius 2 is 2.29 bits per heavy atom. The quantitative estimate of drug-likeness (QED) is 0.673. The third kappa shape index (κ3) is 3.18. The molecule has 17 heavy (non-hydrogen) atoms. The van der Waals surface area contributed by atoms with E-state index in [9.17, 15) is 9.90 Å². The molecule has 1 amide bonds. The van der Waals surface area contributed by atoms with Crippen LogP contribution in [0.4, 0.5) is 0 Å². The smallest absolute Gasteiger partial charge is 0.240 e. The second kappa shape index (κ2) is 5.80. The summed E-state index contributed by atoms with van der Waals surface area (Å²) in [7, 11) is 1.59. The zero-order chi connectivity index (χ0) is 12.3. The van der Waals surface area contributed by atoms with Gasteiger partial charge in [0.1, 0.15) is 0 Å². The van der Waals surface area contributed by atoms with Crippen molar-refractivity contribution in [1.29, 1.82) is 0 Å². The van der Waals surface area contributed by atoms with Crippen LogP contribution in [0.25, 0.3) is 0 Å². The maximum absolute atomic E-state index is 12.3. The van der Waals surface area contributed by atoms with E-state index in [0.717, 1.165) is 19.4 Å². The normalized spacial score (nSPS) is 27.3. The van der Waals surface area contributed by atoms with Gasteiger partial charge in [0.2, 0.25) is 5.91 Å². The van der Waals surface area contributed by atoms with Crippen LogP contribution in [0.2, 0.25) is 0 Å². The molecule has 1 aliphatic carbocycles. The Labute approximate surface area is 102 Å². The number of rotatable bonds is 6. The maximum atomic E-state index is 12.3. The van der Waals surface area contributed by atoms with Gasteiger partial charge in [0, 0.05) is 19.7 Å². The van der Waals surface area contributed by atoms with Gasteiger partial charge in [-0.3, -0.25) is 4.79 Å². The Hall–Kier alpha value is -0.650. The first-order chi connectivity index (χ1) is 8.26. The molecule has 0 radical (unpaired) electrons. The van der Waals surface area contributed by atoms with E-state index in [1.54, 1.807) is 12.0 Å². The zero-order valence-corrected chi connectivity index (χ0v) is 10.4. The standard InChI is InChI=1S/C12H22N2O3/c1-17-8-10(7-15)14-6-2-3-11(12(14)16)13-9-4-5-9/h9-11,13,15H,2-8H2,1H3. The van der Waals surface area contributed by atoms with Crippen LogP contribution in [0.5, 0.6) is 0 Å². The second-order valence-electron chi connectivity index (χ2n) is 4.96. The van der Waals surface area contributed by atoms with E-state index in [4.69, 9.17) is 4.74 Å². The molecule has 5 heteroatoms. The number of hydrogen-bond donors (Lipinski definition) is 2. The molecule has 0 aromatic carbocycles. The Kier molecular flexibility index (Phi) is 4.36. The number of piperidine rings is 1. The Morgan fingerprint density at radius 3 is 2.88 bits per heavy atom. The summed E-state index contributed by atoms with van der Waals surface area (Å²) in [5, 5.41) is 12.7. The molecule has 2 aliphatic rings. The van der Waals surface area contributed by atoms with Crippen LogP contribution in [0.1, 0.15) is 25.7 Å². The average molecular weight is 242 g/mol. The number of nitrogens with one attached hydrogen (secondary N) is 1. The predicted octanol–water partition coefficient (Wildman–Crippen LogP) is -0.263. The topological polar surface area (TPSA) is 61.8 Å². The lowest BCUT2D eigenvalue weighted by molar-refractivity contribution is -0.141. The van der Waals surface area contributed by atoms with Crippen LogP contribution in [0.15, 0.2) is 0 Å². The number of aliphatic hydroxyl groups excluding tert-OH is 1. The van der Waals surface area contributed by atoms with Gasteiger partial charge in [-0.25, -0.2) is 0 Å². The minimum absolute atomic E-state index is 0.0320. The van der Waals surface area contributed by atoms with E-state index in [1.807, 2.05) is 0 Å². The van der Waals surface area contributed by atoms with E-state index in [1.165, 1.54) is 12.8 Å². The second-order valence-corrected chi connectivity index (χ2v) is 4.96. The van der Waals surface area contributed by atoms with Crippen LogP contribution in [-0.4, -0.2) is 60.9 Å². The number of methoxy groups -OCH3 is 1. The van der Waals surface area contributed by atoms with E-state index in [2.05, 4.69) is 5.32 Å². The fourth-order valence-corrected chi connectivity index (χ4v) is 2.38. The molecule has 2 N–H and O–H groups in total. The minimum Gasteiger partial charge on any atom is -0.394 e. The van der Waals surface area contributed by atoms with Crippen molar-refractivity contribution in [2.24, 2.45) is 0 Å². The number of nitrogens with zero attached hydrogens (tertiary/aromatic N) is 1. The summed E-state index contributed by atoms with van der Waals surface area (Å²) < 4.78 is 5.05. The Balaban J connectivity index is 1.93. The van der Waals surface area contributed by atoms with Crippen LogP contribution in [-0.2, 0) is 9.53 Å². The first-order valence-corrected chi connectivity index (χ1v) is 6.42. The van der Waals surface area contributed by atoms with Gasteiger partial charge in [0.15, 0.2) is 0 Å². The number of aliphatic hydroxyl groups is 1.